The third-order valence-corrected chi connectivity index (χ3v) is 8.24. The van der Waals surface area contributed by atoms with E-state index in [2.05, 4.69) is 24.1 Å². The van der Waals surface area contributed by atoms with Crippen LogP contribution in [-0.4, -0.2) is 27.7 Å². The standard InChI is InChI=1S/C21H29N3O2S2/c1-12-7-8-14-16(9-12)28-21-19(14)20(26)23-17(24-21)10-27-11-18(25)22-15-6-4-3-5-13(15)2/h12-13,15H,3-11H2,1-2H3,(H,22,25)(H,23,24,26)/t12-,13+,15+/m1/s1. The van der Waals surface area contributed by atoms with E-state index in [1.807, 2.05) is 0 Å². The zero-order chi connectivity index (χ0) is 19.7. The largest absolute Gasteiger partial charge is 0.352 e. The van der Waals surface area contributed by atoms with E-state index in [1.54, 1.807) is 11.3 Å². The summed E-state index contributed by atoms with van der Waals surface area (Å²) >= 11 is 3.19. The molecular weight excluding hydrogens is 390 g/mol. The molecule has 7 heteroatoms. The Morgan fingerprint density at radius 1 is 1.29 bits per heavy atom. The number of aryl methyl sites for hydroxylation is 1. The Labute approximate surface area is 174 Å². The van der Waals surface area contributed by atoms with Crippen molar-refractivity contribution in [3.8, 4) is 0 Å². The van der Waals surface area contributed by atoms with Crippen molar-refractivity contribution in [2.45, 2.75) is 70.6 Å². The number of nitrogens with one attached hydrogen (secondary N) is 2. The minimum atomic E-state index is -0.0202. The molecule has 2 N–H and O–H groups in total. The van der Waals surface area contributed by atoms with Crippen LogP contribution in [-0.2, 0) is 23.4 Å². The van der Waals surface area contributed by atoms with Crippen molar-refractivity contribution in [2.24, 2.45) is 11.8 Å². The highest BCUT2D eigenvalue weighted by molar-refractivity contribution is 7.99. The van der Waals surface area contributed by atoms with Crippen LogP contribution in [0.2, 0.25) is 0 Å². The van der Waals surface area contributed by atoms with Crippen LogP contribution in [0.3, 0.4) is 0 Å². The molecule has 1 amide bonds. The van der Waals surface area contributed by atoms with Gasteiger partial charge in [0, 0.05) is 10.9 Å². The monoisotopic (exact) mass is 419 g/mol. The molecule has 0 unspecified atom stereocenters. The van der Waals surface area contributed by atoms with Gasteiger partial charge in [-0.15, -0.1) is 23.1 Å². The summed E-state index contributed by atoms with van der Waals surface area (Å²) in [6.07, 6.45) is 7.95. The number of H-pyrrole nitrogens is 1. The maximum atomic E-state index is 12.6. The van der Waals surface area contributed by atoms with E-state index in [4.69, 9.17) is 4.98 Å². The number of aromatic amines is 1. The Morgan fingerprint density at radius 3 is 2.93 bits per heavy atom. The Morgan fingerprint density at radius 2 is 2.11 bits per heavy atom. The van der Waals surface area contributed by atoms with Gasteiger partial charge in [0.05, 0.1) is 16.9 Å². The van der Waals surface area contributed by atoms with E-state index < -0.39 is 0 Å². The third-order valence-electron chi connectivity index (χ3n) is 6.14. The number of thioether (sulfide) groups is 1. The van der Waals surface area contributed by atoms with Crippen LogP contribution in [0.5, 0.6) is 0 Å². The van der Waals surface area contributed by atoms with E-state index in [0.717, 1.165) is 35.9 Å². The molecular formula is C21H29N3O2S2. The first-order chi connectivity index (χ1) is 13.5. The van der Waals surface area contributed by atoms with E-state index >= 15 is 0 Å². The van der Waals surface area contributed by atoms with Crippen LogP contribution in [0.1, 0.15) is 62.2 Å². The smallest absolute Gasteiger partial charge is 0.259 e. The number of fused-ring (bicyclic) bond motifs is 3. The highest BCUT2D eigenvalue weighted by atomic mass is 32.2. The van der Waals surface area contributed by atoms with Crippen LogP contribution in [0, 0.1) is 11.8 Å². The molecule has 2 aliphatic rings. The number of rotatable bonds is 5. The van der Waals surface area contributed by atoms with Gasteiger partial charge in [-0.05, 0) is 49.5 Å². The molecule has 4 rings (SSSR count). The summed E-state index contributed by atoms with van der Waals surface area (Å²) in [5, 5.41) is 3.98. The summed E-state index contributed by atoms with van der Waals surface area (Å²) in [7, 11) is 0. The van der Waals surface area contributed by atoms with Crippen molar-refractivity contribution < 1.29 is 4.79 Å². The summed E-state index contributed by atoms with van der Waals surface area (Å²) in [5.74, 6) is 2.97. The number of carbonyl (C=O) groups is 1. The van der Waals surface area contributed by atoms with Crippen LogP contribution >= 0.6 is 23.1 Å². The average Bonchev–Trinajstić information content (AvgIpc) is 3.01. The second kappa shape index (κ2) is 8.57. The SMILES string of the molecule is C[C@@H]1CCc2c(sc3nc(CSCC(=O)N[C@H]4CCCC[C@@H]4C)[nH]c(=O)c23)C1. The number of amides is 1. The highest BCUT2D eigenvalue weighted by Gasteiger charge is 2.24. The maximum Gasteiger partial charge on any atom is 0.259 e. The van der Waals surface area contributed by atoms with Crippen LogP contribution < -0.4 is 10.9 Å². The highest BCUT2D eigenvalue weighted by Crippen LogP contribution is 2.35. The van der Waals surface area contributed by atoms with Crippen LogP contribution in [0.4, 0.5) is 0 Å². The molecule has 2 aromatic rings. The second-order valence-corrected chi connectivity index (χ2v) is 10.5. The summed E-state index contributed by atoms with van der Waals surface area (Å²) in [5.41, 5.74) is 1.19. The summed E-state index contributed by atoms with van der Waals surface area (Å²) in [6.45, 7) is 4.49. The Bertz CT molecular complexity index is 920. The zero-order valence-corrected chi connectivity index (χ0v) is 18.3. The van der Waals surface area contributed by atoms with Crippen LogP contribution in [0.25, 0.3) is 10.2 Å². The molecule has 1 fully saturated rings. The molecule has 2 aliphatic carbocycles. The van der Waals surface area contributed by atoms with Gasteiger partial charge in [-0.3, -0.25) is 9.59 Å². The Balaban J connectivity index is 1.37. The number of thiophene rings is 1. The predicted molar refractivity (Wildman–Crippen MR) is 117 cm³/mol. The van der Waals surface area contributed by atoms with Gasteiger partial charge in [0.1, 0.15) is 10.7 Å². The van der Waals surface area contributed by atoms with Gasteiger partial charge in [0.2, 0.25) is 5.91 Å². The molecule has 28 heavy (non-hydrogen) atoms. The molecule has 0 aromatic carbocycles. The van der Waals surface area contributed by atoms with E-state index in [-0.39, 0.29) is 11.5 Å². The van der Waals surface area contributed by atoms with Gasteiger partial charge < -0.3 is 10.3 Å². The van der Waals surface area contributed by atoms with Crippen LogP contribution in [0.15, 0.2) is 4.79 Å². The lowest BCUT2D eigenvalue weighted by Gasteiger charge is -2.29. The van der Waals surface area contributed by atoms with Gasteiger partial charge in [-0.25, -0.2) is 4.98 Å². The fourth-order valence-electron chi connectivity index (χ4n) is 4.48. The van der Waals surface area contributed by atoms with E-state index in [0.29, 0.717) is 35.2 Å². The van der Waals surface area contributed by atoms with Gasteiger partial charge in [-0.2, -0.15) is 0 Å². The average molecular weight is 420 g/mol. The molecule has 1 saturated carbocycles. The van der Waals surface area contributed by atoms with Crippen molar-refractivity contribution in [3.05, 3.63) is 26.6 Å². The molecule has 0 spiro atoms. The molecule has 5 nitrogen and oxygen atoms in total. The molecule has 0 saturated heterocycles. The summed E-state index contributed by atoms with van der Waals surface area (Å²) < 4.78 is 0. The first kappa shape index (κ1) is 20.0. The molecule has 2 heterocycles. The van der Waals surface area contributed by atoms with Gasteiger partial charge >= 0.3 is 0 Å². The Kier molecular flexibility index (Phi) is 6.11. The summed E-state index contributed by atoms with van der Waals surface area (Å²) in [6, 6.07) is 0.316. The second-order valence-electron chi connectivity index (χ2n) is 8.47. The number of carbonyl (C=O) groups excluding carboxylic acids is 1. The number of aromatic nitrogens is 2. The lowest BCUT2D eigenvalue weighted by atomic mass is 9.86. The zero-order valence-electron chi connectivity index (χ0n) is 16.7. The van der Waals surface area contributed by atoms with Crippen molar-refractivity contribution >= 4 is 39.2 Å². The van der Waals surface area contributed by atoms with Crippen molar-refractivity contribution in [1.82, 2.24) is 15.3 Å². The predicted octanol–water partition coefficient (Wildman–Crippen LogP) is 4.04. The Hall–Kier alpha value is -1.34. The van der Waals surface area contributed by atoms with Gasteiger partial charge in [-0.1, -0.05) is 26.7 Å². The quantitative estimate of drug-likeness (QED) is 0.767. The first-order valence-electron chi connectivity index (χ1n) is 10.4. The topological polar surface area (TPSA) is 74.8 Å². The minimum absolute atomic E-state index is 0.0202. The molecule has 152 valence electrons. The first-order valence-corrected chi connectivity index (χ1v) is 12.4. The molecule has 2 aromatic heterocycles. The maximum absolute atomic E-state index is 12.6. The minimum Gasteiger partial charge on any atom is -0.352 e. The molecule has 3 atom stereocenters. The fraction of sp³-hybridized carbons (Fsp3) is 0.667. The molecule has 0 aliphatic heterocycles. The molecule has 0 bridgehead atoms. The van der Waals surface area contributed by atoms with Gasteiger partial charge in [0.25, 0.3) is 5.56 Å². The van der Waals surface area contributed by atoms with Gasteiger partial charge in [0.15, 0.2) is 0 Å². The fourth-order valence-corrected chi connectivity index (χ4v) is 6.58. The van der Waals surface area contributed by atoms with E-state index in [9.17, 15) is 9.59 Å². The molecule has 0 radical (unpaired) electrons. The van der Waals surface area contributed by atoms with Crippen molar-refractivity contribution in [1.29, 1.82) is 0 Å². The number of nitrogens with zero attached hydrogens (tertiary/aromatic N) is 1. The number of hydrogen-bond donors (Lipinski definition) is 2. The van der Waals surface area contributed by atoms with E-state index in [1.165, 1.54) is 41.5 Å². The normalized spacial score (nSPS) is 24.9. The lowest BCUT2D eigenvalue weighted by molar-refractivity contribution is -0.119. The lowest BCUT2D eigenvalue weighted by Crippen LogP contribution is -2.41. The summed E-state index contributed by atoms with van der Waals surface area (Å²) in [4.78, 5) is 34.7. The van der Waals surface area contributed by atoms with Crippen molar-refractivity contribution in [3.63, 3.8) is 0 Å². The number of hydrogen-bond acceptors (Lipinski definition) is 5. The third kappa shape index (κ3) is 4.30. The van der Waals surface area contributed by atoms with Crippen molar-refractivity contribution in [2.75, 3.05) is 5.75 Å².